The second-order valence-corrected chi connectivity index (χ2v) is 11.7. The van der Waals surface area contributed by atoms with Crippen LogP contribution in [0.25, 0.3) is 0 Å². The predicted octanol–water partition coefficient (Wildman–Crippen LogP) is 2.04. The third-order valence-electron chi connectivity index (χ3n) is 7.36. The number of aliphatic hydroxyl groups excluding tert-OH is 1. The van der Waals surface area contributed by atoms with Crippen LogP contribution in [0.1, 0.15) is 36.4 Å². The Morgan fingerprint density at radius 2 is 1.89 bits per heavy atom. The molecule has 8 nitrogen and oxygen atoms in total. The number of β-amino-alcohol motifs (C(OH)–C–C–N with tert-alkyl or cyclic N) is 1. The number of likely N-dealkylation sites (N-methyl/N-ethyl adjacent to an activating group) is 1. The molecule has 0 spiro atoms. The number of hydrogen-bond acceptors (Lipinski definition) is 6. The number of carbonyl (C=O) groups is 1. The molecule has 9 heteroatoms. The molecule has 2 fully saturated rings. The van der Waals surface area contributed by atoms with Crippen LogP contribution in [-0.2, 0) is 21.2 Å². The molecule has 3 aliphatic rings. The summed E-state index contributed by atoms with van der Waals surface area (Å²) >= 11 is 0. The molecule has 35 heavy (non-hydrogen) atoms. The van der Waals surface area contributed by atoms with Crippen molar-refractivity contribution in [3.8, 4) is 5.75 Å². The van der Waals surface area contributed by atoms with E-state index in [0.29, 0.717) is 38.3 Å². The lowest BCUT2D eigenvalue weighted by molar-refractivity contribution is -0.139. The average Bonchev–Trinajstić information content (AvgIpc) is 3.63. The summed E-state index contributed by atoms with van der Waals surface area (Å²) < 4.78 is 33.5. The molecule has 0 aromatic heterocycles. The summed E-state index contributed by atoms with van der Waals surface area (Å²) in [5, 5.41) is 9.96. The number of carbonyl (C=O) groups excluding carboxylic acids is 1. The number of hydrogen-bond donors (Lipinski definition) is 1. The van der Waals surface area contributed by atoms with Crippen LogP contribution in [0.15, 0.2) is 53.4 Å². The van der Waals surface area contributed by atoms with Crippen LogP contribution in [0.3, 0.4) is 0 Å². The first-order valence-corrected chi connectivity index (χ1v) is 13.8. The molecule has 0 aliphatic carbocycles. The van der Waals surface area contributed by atoms with E-state index in [9.17, 15) is 18.3 Å². The first-order valence-electron chi connectivity index (χ1n) is 12.3. The van der Waals surface area contributed by atoms with Crippen molar-refractivity contribution in [3.63, 3.8) is 0 Å². The number of likely N-dealkylation sites (tertiary alicyclic amines) is 1. The zero-order valence-corrected chi connectivity index (χ0v) is 20.9. The van der Waals surface area contributed by atoms with Gasteiger partial charge in [0, 0.05) is 46.2 Å². The lowest BCUT2D eigenvalue weighted by atomic mass is 10.0. The summed E-state index contributed by atoms with van der Waals surface area (Å²) in [6.45, 7) is 3.13. The standard InChI is InChI=1S/C26H33N3O5S/c1-27(23(19-7-3-2-4-8-19)18-28-14-11-21(30)17-28)26(31)25-16-20-15-22(9-10-24(20)34-25)35(32,33)29-12-5-6-13-29/h2-4,7-10,15,21,23,25,30H,5-6,11-14,16-18H2,1H3/t21-,23+,25+/m0/s1. The van der Waals surface area contributed by atoms with Gasteiger partial charge in [-0.25, -0.2) is 8.42 Å². The van der Waals surface area contributed by atoms with Gasteiger partial charge in [0.25, 0.3) is 5.91 Å². The van der Waals surface area contributed by atoms with Crippen LogP contribution in [-0.4, -0.2) is 85.5 Å². The normalized spacial score (nSPS) is 23.7. The lowest BCUT2D eigenvalue weighted by Crippen LogP contribution is -2.44. The minimum Gasteiger partial charge on any atom is -0.480 e. The summed E-state index contributed by atoms with van der Waals surface area (Å²) in [5.41, 5.74) is 1.77. The van der Waals surface area contributed by atoms with Crippen LogP contribution in [0.2, 0.25) is 0 Å². The fourth-order valence-corrected chi connectivity index (χ4v) is 6.90. The van der Waals surface area contributed by atoms with Gasteiger partial charge in [0.15, 0.2) is 6.10 Å². The van der Waals surface area contributed by atoms with Crippen LogP contribution in [0, 0.1) is 0 Å². The van der Waals surface area contributed by atoms with Crippen molar-refractivity contribution < 1.29 is 23.1 Å². The number of rotatable bonds is 7. The van der Waals surface area contributed by atoms with Crippen molar-refractivity contribution in [2.45, 2.75) is 48.8 Å². The van der Waals surface area contributed by atoms with E-state index < -0.39 is 16.1 Å². The van der Waals surface area contributed by atoms with Gasteiger partial charge in [-0.15, -0.1) is 0 Å². The van der Waals surface area contributed by atoms with Crippen molar-refractivity contribution in [1.29, 1.82) is 0 Å². The summed E-state index contributed by atoms with van der Waals surface area (Å²) in [7, 11) is -1.73. The van der Waals surface area contributed by atoms with Gasteiger partial charge in [-0.2, -0.15) is 4.31 Å². The molecule has 2 saturated heterocycles. The molecule has 3 atom stereocenters. The maximum Gasteiger partial charge on any atom is 0.264 e. The molecule has 0 bridgehead atoms. The Morgan fingerprint density at radius 3 is 2.57 bits per heavy atom. The summed E-state index contributed by atoms with van der Waals surface area (Å²) in [4.78, 5) is 17.7. The van der Waals surface area contributed by atoms with E-state index in [1.54, 1.807) is 30.1 Å². The zero-order valence-electron chi connectivity index (χ0n) is 20.0. The van der Waals surface area contributed by atoms with Gasteiger partial charge >= 0.3 is 0 Å². The SMILES string of the molecule is CN(C(=O)[C@H]1Cc2cc(S(=O)(=O)N3CCCC3)ccc2O1)[C@H](CN1CC[C@H](O)C1)c1ccccc1. The first kappa shape index (κ1) is 24.2. The monoisotopic (exact) mass is 499 g/mol. The van der Waals surface area contributed by atoms with Crippen LogP contribution in [0.5, 0.6) is 5.75 Å². The highest BCUT2D eigenvalue weighted by Crippen LogP contribution is 2.34. The Hall–Kier alpha value is -2.46. The number of benzene rings is 2. The van der Waals surface area contributed by atoms with Crippen LogP contribution >= 0.6 is 0 Å². The minimum absolute atomic E-state index is 0.140. The van der Waals surface area contributed by atoms with E-state index >= 15 is 0 Å². The van der Waals surface area contributed by atoms with E-state index in [1.807, 2.05) is 30.3 Å². The molecule has 2 aromatic rings. The van der Waals surface area contributed by atoms with Gasteiger partial charge in [-0.05, 0) is 48.6 Å². The van der Waals surface area contributed by atoms with Crippen molar-refractivity contribution in [3.05, 3.63) is 59.7 Å². The van der Waals surface area contributed by atoms with Crippen molar-refractivity contribution >= 4 is 15.9 Å². The molecule has 2 aromatic carbocycles. The molecular weight excluding hydrogens is 466 g/mol. The molecule has 1 amide bonds. The van der Waals surface area contributed by atoms with E-state index in [4.69, 9.17) is 4.74 Å². The zero-order chi connectivity index (χ0) is 24.6. The van der Waals surface area contributed by atoms with Crippen molar-refractivity contribution in [2.24, 2.45) is 0 Å². The Morgan fingerprint density at radius 1 is 1.14 bits per heavy atom. The molecule has 0 unspecified atom stereocenters. The van der Waals surface area contributed by atoms with Gasteiger partial charge in [0.2, 0.25) is 10.0 Å². The molecule has 0 saturated carbocycles. The molecule has 3 aliphatic heterocycles. The highest BCUT2D eigenvalue weighted by molar-refractivity contribution is 7.89. The number of fused-ring (bicyclic) bond motifs is 1. The maximum atomic E-state index is 13.6. The predicted molar refractivity (Wildman–Crippen MR) is 132 cm³/mol. The van der Waals surface area contributed by atoms with Crippen LogP contribution < -0.4 is 4.74 Å². The van der Waals surface area contributed by atoms with Gasteiger partial charge in [0.05, 0.1) is 17.0 Å². The second-order valence-electron chi connectivity index (χ2n) is 9.77. The highest BCUT2D eigenvalue weighted by atomic mass is 32.2. The number of sulfonamides is 1. The van der Waals surface area contributed by atoms with Gasteiger partial charge in [-0.1, -0.05) is 30.3 Å². The Kier molecular flexibility index (Phi) is 6.85. The van der Waals surface area contributed by atoms with E-state index in [1.165, 1.54) is 4.31 Å². The van der Waals surface area contributed by atoms with Gasteiger partial charge in [-0.3, -0.25) is 9.69 Å². The van der Waals surface area contributed by atoms with Crippen molar-refractivity contribution in [1.82, 2.24) is 14.1 Å². The Labute approximate surface area is 207 Å². The number of aliphatic hydroxyl groups is 1. The summed E-state index contributed by atoms with van der Waals surface area (Å²) in [6, 6.07) is 14.6. The maximum absolute atomic E-state index is 13.6. The number of nitrogens with zero attached hydrogens (tertiary/aromatic N) is 3. The van der Waals surface area contributed by atoms with Gasteiger partial charge in [0.1, 0.15) is 5.75 Å². The fourth-order valence-electron chi connectivity index (χ4n) is 5.33. The number of amides is 1. The minimum atomic E-state index is -3.53. The molecular formula is C26H33N3O5S. The number of ether oxygens (including phenoxy) is 1. The van der Waals surface area contributed by atoms with E-state index in [-0.39, 0.29) is 22.9 Å². The topological polar surface area (TPSA) is 90.4 Å². The van der Waals surface area contributed by atoms with Crippen LogP contribution in [0.4, 0.5) is 0 Å². The quantitative estimate of drug-likeness (QED) is 0.627. The largest absolute Gasteiger partial charge is 0.480 e. The molecule has 5 rings (SSSR count). The lowest BCUT2D eigenvalue weighted by Gasteiger charge is -2.33. The summed E-state index contributed by atoms with van der Waals surface area (Å²) in [6.07, 6.45) is 1.82. The Bertz CT molecular complexity index is 1170. The molecule has 1 N–H and O–H groups in total. The average molecular weight is 500 g/mol. The highest BCUT2D eigenvalue weighted by Gasteiger charge is 2.37. The summed E-state index contributed by atoms with van der Waals surface area (Å²) in [5.74, 6) is 0.426. The van der Waals surface area contributed by atoms with Gasteiger partial charge < -0.3 is 14.7 Å². The fraction of sp³-hybridized carbons (Fsp3) is 0.500. The smallest absolute Gasteiger partial charge is 0.264 e. The third-order valence-corrected chi connectivity index (χ3v) is 9.26. The van der Waals surface area contributed by atoms with E-state index in [2.05, 4.69) is 4.90 Å². The molecule has 188 valence electrons. The molecule has 0 radical (unpaired) electrons. The van der Waals surface area contributed by atoms with Crippen molar-refractivity contribution in [2.75, 3.05) is 39.8 Å². The third kappa shape index (κ3) is 4.95. The second kappa shape index (κ2) is 9.89. The first-order chi connectivity index (χ1) is 16.8. The van der Waals surface area contributed by atoms with E-state index in [0.717, 1.165) is 36.9 Å². The molecule has 3 heterocycles. The Balaban J connectivity index is 1.32.